The van der Waals surface area contributed by atoms with Gasteiger partial charge in [-0.3, -0.25) is 4.79 Å². The fourth-order valence-corrected chi connectivity index (χ4v) is 2.33. The molecular weight excluding hydrogens is 327 g/mol. The summed E-state index contributed by atoms with van der Waals surface area (Å²) in [5, 5.41) is 0. The molecule has 0 atom stereocenters. The second kappa shape index (κ2) is 5.40. The van der Waals surface area contributed by atoms with E-state index in [1.54, 1.807) is 0 Å². The lowest BCUT2D eigenvalue weighted by molar-refractivity contribution is -0.274. The lowest BCUT2D eigenvalue weighted by Crippen LogP contribution is -2.29. The van der Waals surface area contributed by atoms with E-state index in [9.17, 15) is 18.0 Å². The summed E-state index contributed by atoms with van der Waals surface area (Å²) in [7, 11) is 0. The molecule has 0 unspecified atom stereocenters. The van der Waals surface area contributed by atoms with Gasteiger partial charge >= 0.3 is 6.36 Å². The Hall–Kier alpha value is -1.24. The smallest absolute Gasteiger partial charge is 0.405 e. The van der Waals surface area contributed by atoms with Crippen molar-refractivity contribution >= 4 is 21.8 Å². The molecule has 1 aliphatic rings. The number of amides is 1. The molecule has 1 fully saturated rings. The quantitative estimate of drug-likeness (QED) is 0.825. The molecule has 0 aromatic heterocycles. The number of rotatable bonds is 2. The van der Waals surface area contributed by atoms with Gasteiger partial charge in [0.05, 0.1) is 5.56 Å². The third-order valence-corrected chi connectivity index (χ3v) is 3.28. The highest BCUT2D eigenvalue weighted by molar-refractivity contribution is 9.10. The molecule has 1 saturated heterocycles. The first-order valence-electron chi connectivity index (χ1n) is 5.71. The van der Waals surface area contributed by atoms with Crippen molar-refractivity contribution in [3.8, 4) is 5.75 Å². The molecule has 0 saturated carbocycles. The molecule has 0 aliphatic carbocycles. The van der Waals surface area contributed by atoms with Crippen LogP contribution in [0.15, 0.2) is 22.7 Å². The number of carbonyl (C=O) groups is 1. The Kier molecular flexibility index (Phi) is 4.03. The number of hydrogen-bond acceptors (Lipinski definition) is 2. The first kappa shape index (κ1) is 14.2. The highest BCUT2D eigenvalue weighted by atomic mass is 79.9. The lowest BCUT2D eigenvalue weighted by Gasteiger charge is -2.18. The van der Waals surface area contributed by atoms with Gasteiger partial charge in [-0.1, -0.05) is 15.9 Å². The first-order chi connectivity index (χ1) is 8.87. The minimum atomic E-state index is -4.81. The van der Waals surface area contributed by atoms with E-state index in [1.165, 1.54) is 17.0 Å². The van der Waals surface area contributed by atoms with Crippen LogP contribution in [0.2, 0.25) is 0 Å². The van der Waals surface area contributed by atoms with E-state index >= 15 is 0 Å². The normalized spacial score (nSPS) is 15.7. The summed E-state index contributed by atoms with van der Waals surface area (Å²) in [6.45, 7) is 1.13. The van der Waals surface area contributed by atoms with Gasteiger partial charge < -0.3 is 9.64 Å². The number of benzene rings is 1. The van der Waals surface area contributed by atoms with Gasteiger partial charge in [0, 0.05) is 17.6 Å². The Labute approximate surface area is 116 Å². The van der Waals surface area contributed by atoms with Crippen LogP contribution in [-0.4, -0.2) is 30.3 Å². The molecule has 1 aromatic carbocycles. The zero-order valence-corrected chi connectivity index (χ0v) is 11.4. The molecule has 1 aliphatic heterocycles. The molecule has 0 N–H and O–H groups in total. The van der Waals surface area contributed by atoms with E-state index in [0.717, 1.165) is 18.9 Å². The fraction of sp³-hybridized carbons (Fsp3) is 0.417. The lowest BCUT2D eigenvalue weighted by atomic mass is 10.2. The van der Waals surface area contributed by atoms with Crippen molar-refractivity contribution in [1.82, 2.24) is 4.90 Å². The van der Waals surface area contributed by atoms with Crippen LogP contribution in [0, 0.1) is 0 Å². The van der Waals surface area contributed by atoms with Crippen LogP contribution in [-0.2, 0) is 0 Å². The Bertz CT molecular complexity index is 484. The van der Waals surface area contributed by atoms with Gasteiger partial charge in [-0.15, -0.1) is 13.2 Å². The van der Waals surface area contributed by atoms with Gasteiger partial charge in [-0.25, -0.2) is 0 Å². The van der Waals surface area contributed by atoms with Gasteiger partial charge in [0.25, 0.3) is 5.91 Å². The third kappa shape index (κ3) is 3.62. The summed E-state index contributed by atoms with van der Waals surface area (Å²) in [5.41, 5.74) is -0.0754. The molecule has 104 valence electrons. The van der Waals surface area contributed by atoms with Crippen molar-refractivity contribution in [3.05, 3.63) is 28.2 Å². The first-order valence-corrected chi connectivity index (χ1v) is 6.51. The van der Waals surface area contributed by atoms with E-state index in [-0.39, 0.29) is 5.56 Å². The molecule has 0 bridgehead atoms. The summed E-state index contributed by atoms with van der Waals surface area (Å²) in [6.07, 6.45) is -3.07. The topological polar surface area (TPSA) is 29.5 Å². The monoisotopic (exact) mass is 337 g/mol. The van der Waals surface area contributed by atoms with Crippen molar-refractivity contribution in [2.24, 2.45) is 0 Å². The largest absolute Gasteiger partial charge is 0.573 e. The standard InChI is InChI=1S/C12H11BrF3NO2/c13-8-3-4-10(19-12(14,15)16)9(7-8)11(18)17-5-1-2-6-17/h3-4,7H,1-2,5-6H2. The van der Waals surface area contributed by atoms with Crippen molar-refractivity contribution in [2.45, 2.75) is 19.2 Å². The van der Waals surface area contributed by atoms with E-state index < -0.39 is 18.0 Å². The Morgan fingerprint density at radius 3 is 2.47 bits per heavy atom. The summed E-state index contributed by atoms with van der Waals surface area (Å²) >= 11 is 3.15. The molecular formula is C12H11BrF3NO2. The number of likely N-dealkylation sites (tertiary alicyclic amines) is 1. The fourth-order valence-electron chi connectivity index (χ4n) is 1.97. The van der Waals surface area contributed by atoms with Gasteiger partial charge in [-0.05, 0) is 31.0 Å². The van der Waals surface area contributed by atoms with Crippen LogP contribution in [0.3, 0.4) is 0 Å². The van der Waals surface area contributed by atoms with Crippen molar-refractivity contribution in [2.75, 3.05) is 13.1 Å². The van der Waals surface area contributed by atoms with Crippen LogP contribution in [0.1, 0.15) is 23.2 Å². The van der Waals surface area contributed by atoms with Gasteiger partial charge in [0.15, 0.2) is 0 Å². The van der Waals surface area contributed by atoms with Crippen LogP contribution < -0.4 is 4.74 Å². The van der Waals surface area contributed by atoms with E-state index in [4.69, 9.17) is 0 Å². The highest BCUT2D eigenvalue weighted by Crippen LogP contribution is 2.30. The van der Waals surface area contributed by atoms with Crippen molar-refractivity contribution < 1.29 is 22.7 Å². The van der Waals surface area contributed by atoms with Crippen LogP contribution in [0.4, 0.5) is 13.2 Å². The Balaban J connectivity index is 2.31. The second-order valence-corrected chi connectivity index (χ2v) is 5.10. The number of carbonyl (C=O) groups excluding carboxylic acids is 1. The minimum Gasteiger partial charge on any atom is -0.405 e. The summed E-state index contributed by atoms with van der Waals surface area (Å²) in [4.78, 5) is 13.7. The maximum Gasteiger partial charge on any atom is 0.573 e. The molecule has 7 heteroatoms. The molecule has 1 heterocycles. The molecule has 3 nitrogen and oxygen atoms in total. The van der Waals surface area contributed by atoms with Crippen LogP contribution in [0.5, 0.6) is 5.75 Å². The minimum absolute atomic E-state index is 0.0754. The van der Waals surface area contributed by atoms with Gasteiger partial charge in [0.2, 0.25) is 0 Å². The number of alkyl halides is 3. The highest BCUT2D eigenvalue weighted by Gasteiger charge is 2.34. The maximum atomic E-state index is 12.3. The van der Waals surface area contributed by atoms with Crippen LogP contribution in [0.25, 0.3) is 0 Å². The average Bonchev–Trinajstić information content (AvgIpc) is 2.82. The summed E-state index contributed by atoms with van der Waals surface area (Å²) < 4.78 is 41.3. The number of ether oxygens (including phenoxy) is 1. The average molecular weight is 338 g/mol. The van der Waals surface area contributed by atoms with Crippen molar-refractivity contribution in [1.29, 1.82) is 0 Å². The Morgan fingerprint density at radius 1 is 1.26 bits per heavy atom. The Morgan fingerprint density at radius 2 is 1.89 bits per heavy atom. The number of nitrogens with zero attached hydrogens (tertiary/aromatic N) is 1. The van der Waals surface area contributed by atoms with Gasteiger partial charge in [-0.2, -0.15) is 0 Å². The van der Waals surface area contributed by atoms with E-state index in [2.05, 4.69) is 20.7 Å². The zero-order chi connectivity index (χ0) is 14.0. The predicted octanol–water partition coefficient (Wildman–Crippen LogP) is 3.58. The number of hydrogen-bond donors (Lipinski definition) is 0. The summed E-state index contributed by atoms with van der Waals surface area (Å²) in [5.74, 6) is -0.898. The van der Waals surface area contributed by atoms with Crippen LogP contribution >= 0.6 is 15.9 Å². The van der Waals surface area contributed by atoms with E-state index in [1.807, 2.05) is 0 Å². The van der Waals surface area contributed by atoms with Crippen molar-refractivity contribution in [3.63, 3.8) is 0 Å². The van der Waals surface area contributed by atoms with E-state index in [0.29, 0.717) is 17.6 Å². The second-order valence-electron chi connectivity index (χ2n) is 4.19. The molecule has 1 amide bonds. The summed E-state index contributed by atoms with van der Waals surface area (Å²) in [6, 6.07) is 3.89. The molecule has 19 heavy (non-hydrogen) atoms. The number of halogens is 4. The van der Waals surface area contributed by atoms with Gasteiger partial charge in [0.1, 0.15) is 5.75 Å². The molecule has 1 aromatic rings. The zero-order valence-electron chi connectivity index (χ0n) is 9.84. The molecule has 0 spiro atoms. The molecule has 0 radical (unpaired) electrons. The third-order valence-electron chi connectivity index (χ3n) is 2.79. The molecule has 2 rings (SSSR count). The predicted molar refractivity (Wildman–Crippen MR) is 66.0 cm³/mol. The maximum absolute atomic E-state index is 12.3. The SMILES string of the molecule is O=C(c1cc(Br)ccc1OC(F)(F)F)N1CCCC1.